The van der Waals surface area contributed by atoms with Gasteiger partial charge in [0.2, 0.25) is 0 Å². The lowest BCUT2D eigenvalue weighted by molar-refractivity contribution is 0.114. The summed E-state index contributed by atoms with van der Waals surface area (Å²) in [6.07, 6.45) is 0.862. The molecule has 1 aliphatic rings. The van der Waals surface area contributed by atoms with Crippen LogP contribution in [0.2, 0.25) is 0 Å². The van der Waals surface area contributed by atoms with Crippen LogP contribution in [0.3, 0.4) is 0 Å². The minimum Gasteiger partial charge on any atom is -0.379 e. The van der Waals surface area contributed by atoms with Gasteiger partial charge in [0.15, 0.2) is 5.96 Å². The molecule has 1 unspecified atom stereocenters. The second kappa shape index (κ2) is 9.56. The maximum absolute atomic E-state index is 13.9. The summed E-state index contributed by atoms with van der Waals surface area (Å²) >= 11 is 0. The van der Waals surface area contributed by atoms with E-state index in [1.165, 1.54) is 12.1 Å². The van der Waals surface area contributed by atoms with Gasteiger partial charge >= 0.3 is 0 Å². The minimum absolute atomic E-state index is 0.159. The number of aliphatic imine (C=N–C) groups is 1. The van der Waals surface area contributed by atoms with Crippen LogP contribution < -0.4 is 15.5 Å². The molecule has 1 aliphatic heterocycles. The van der Waals surface area contributed by atoms with Gasteiger partial charge in [-0.25, -0.2) is 8.78 Å². The van der Waals surface area contributed by atoms with Crippen LogP contribution >= 0.6 is 0 Å². The first-order valence-electron chi connectivity index (χ1n) is 8.74. The summed E-state index contributed by atoms with van der Waals surface area (Å²) in [4.78, 5) is 6.13. The van der Waals surface area contributed by atoms with E-state index in [-0.39, 0.29) is 6.04 Å². The first-order valence-corrected chi connectivity index (χ1v) is 8.74. The maximum atomic E-state index is 13.9. The Kier molecular flexibility index (Phi) is 7.43. The lowest BCUT2D eigenvalue weighted by Crippen LogP contribution is -2.45. The van der Waals surface area contributed by atoms with Crippen molar-refractivity contribution in [2.45, 2.75) is 26.3 Å². The van der Waals surface area contributed by atoms with Crippen molar-refractivity contribution >= 4 is 11.6 Å². The van der Waals surface area contributed by atoms with E-state index in [9.17, 15) is 8.78 Å². The van der Waals surface area contributed by atoms with Crippen molar-refractivity contribution < 1.29 is 13.5 Å². The van der Waals surface area contributed by atoms with Crippen LogP contribution in [0.15, 0.2) is 23.2 Å². The van der Waals surface area contributed by atoms with Crippen LogP contribution in [0.5, 0.6) is 0 Å². The second-order valence-electron chi connectivity index (χ2n) is 6.64. The Bertz CT molecular complexity index is 580. The monoisotopic (exact) mass is 354 g/mol. The molecule has 7 heteroatoms. The van der Waals surface area contributed by atoms with E-state index >= 15 is 0 Å². The molecule has 0 aliphatic carbocycles. The Labute approximate surface area is 148 Å². The van der Waals surface area contributed by atoms with Crippen LogP contribution in [0, 0.1) is 17.6 Å². The number of ether oxygens (including phenoxy) is 1. The van der Waals surface area contributed by atoms with Crippen molar-refractivity contribution in [1.29, 1.82) is 0 Å². The SMILES string of the molecule is CN=C(NCCOCC(C)C)NC1CCN(c2ccc(F)cc2F)C1. The average Bonchev–Trinajstić information content (AvgIpc) is 3.01. The second-order valence-corrected chi connectivity index (χ2v) is 6.64. The van der Waals surface area contributed by atoms with Crippen molar-refractivity contribution in [3.05, 3.63) is 29.8 Å². The van der Waals surface area contributed by atoms with Gasteiger partial charge in [0.1, 0.15) is 11.6 Å². The average molecular weight is 354 g/mol. The van der Waals surface area contributed by atoms with Crippen LogP contribution in [0.1, 0.15) is 20.3 Å². The molecule has 5 nitrogen and oxygen atoms in total. The molecule has 1 fully saturated rings. The lowest BCUT2D eigenvalue weighted by atomic mass is 10.2. The Morgan fingerprint density at radius 1 is 1.40 bits per heavy atom. The summed E-state index contributed by atoms with van der Waals surface area (Å²) in [5.74, 6) is 0.151. The van der Waals surface area contributed by atoms with Gasteiger partial charge in [-0.05, 0) is 24.5 Å². The highest BCUT2D eigenvalue weighted by Crippen LogP contribution is 2.24. The van der Waals surface area contributed by atoms with E-state index in [2.05, 4.69) is 29.5 Å². The molecule has 1 aromatic carbocycles. The Morgan fingerprint density at radius 3 is 2.88 bits per heavy atom. The quantitative estimate of drug-likeness (QED) is 0.448. The van der Waals surface area contributed by atoms with E-state index in [0.29, 0.717) is 43.8 Å². The molecule has 1 heterocycles. The third-order valence-electron chi connectivity index (χ3n) is 3.99. The van der Waals surface area contributed by atoms with E-state index in [1.807, 2.05) is 4.90 Å². The van der Waals surface area contributed by atoms with Crippen LogP contribution in [-0.2, 0) is 4.74 Å². The first-order chi connectivity index (χ1) is 12.0. The number of rotatable bonds is 7. The number of hydrogen-bond acceptors (Lipinski definition) is 3. The highest BCUT2D eigenvalue weighted by atomic mass is 19.1. The molecule has 25 heavy (non-hydrogen) atoms. The molecule has 1 saturated heterocycles. The smallest absolute Gasteiger partial charge is 0.191 e. The topological polar surface area (TPSA) is 48.9 Å². The fraction of sp³-hybridized carbons (Fsp3) is 0.611. The molecule has 0 saturated carbocycles. The molecule has 0 amide bonds. The first kappa shape index (κ1) is 19.4. The Balaban J connectivity index is 1.77. The zero-order valence-corrected chi connectivity index (χ0v) is 15.2. The fourth-order valence-corrected chi connectivity index (χ4v) is 2.78. The summed E-state index contributed by atoms with van der Waals surface area (Å²) in [5.41, 5.74) is 0.440. The van der Waals surface area contributed by atoms with Gasteiger partial charge in [-0.1, -0.05) is 13.8 Å². The van der Waals surface area contributed by atoms with Gasteiger partial charge in [0, 0.05) is 45.4 Å². The predicted molar refractivity (Wildman–Crippen MR) is 97.1 cm³/mol. The molecular weight excluding hydrogens is 326 g/mol. The number of halogens is 2. The van der Waals surface area contributed by atoms with Crippen LogP contribution in [0.4, 0.5) is 14.5 Å². The van der Waals surface area contributed by atoms with Crippen molar-refractivity contribution in [2.75, 3.05) is 44.8 Å². The lowest BCUT2D eigenvalue weighted by Gasteiger charge is -2.21. The molecule has 1 aromatic rings. The number of guanidine groups is 1. The van der Waals surface area contributed by atoms with E-state index in [1.54, 1.807) is 7.05 Å². The standard InChI is InChI=1S/C18H28F2N4O/c1-13(2)12-25-9-7-22-18(21-3)23-15-6-8-24(11-15)17-5-4-14(19)10-16(17)20/h4-5,10,13,15H,6-9,11-12H2,1-3H3,(H2,21,22,23). The summed E-state index contributed by atoms with van der Waals surface area (Å²) in [5, 5.41) is 6.56. The number of hydrogen-bond donors (Lipinski definition) is 2. The predicted octanol–water partition coefficient (Wildman–Crippen LogP) is 2.38. The highest BCUT2D eigenvalue weighted by molar-refractivity contribution is 5.80. The Morgan fingerprint density at radius 2 is 2.20 bits per heavy atom. The normalized spacial score (nSPS) is 18.1. The van der Waals surface area contributed by atoms with Crippen molar-refractivity contribution in [3.63, 3.8) is 0 Å². The third kappa shape index (κ3) is 6.16. The third-order valence-corrected chi connectivity index (χ3v) is 3.99. The Hall–Kier alpha value is -1.89. The van der Waals surface area contributed by atoms with E-state index in [0.717, 1.165) is 19.1 Å². The van der Waals surface area contributed by atoms with Gasteiger partial charge in [-0.2, -0.15) is 0 Å². The largest absolute Gasteiger partial charge is 0.379 e. The van der Waals surface area contributed by atoms with Crippen molar-refractivity contribution in [3.8, 4) is 0 Å². The van der Waals surface area contributed by atoms with Gasteiger partial charge < -0.3 is 20.3 Å². The van der Waals surface area contributed by atoms with Gasteiger partial charge in [0.05, 0.1) is 12.3 Å². The highest BCUT2D eigenvalue weighted by Gasteiger charge is 2.25. The minimum atomic E-state index is -0.556. The van der Waals surface area contributed by atoms with E-state index < -0.39 is 11.6 Å². The molecule has 0 spiro atoms. The fourth-order valence-electron chi connectivity index (χ4n) is 2.78. The van der Waals surface area contributed by atoms with Crippen LogP contribution in [-0.4, -0.2) is 51.9 Å². The number of nitrogens with zero attached hydrogens (tertiary/aromatic N) is 2. The van der Waals surface area contributed by atoms with E-state index in [4.69, 9.17) is 4.74 Å². The van der Waals surface area contributed by atoms with Gasteiger partial charge in [-0.15, -0.1) is 0 Å². The molecule has 2 rings (SSSR count). The number of nitrogens with one attached hydrogen (secondary N) is 2. The molecule has 2 N–H and O–H groups in total. The molecule has 0 aromatic heterocycles. The summed E-state index contributed by atoms with van der Waals surface area (Å²) in [7, 11) is 1.72. The van der Waals surface area contributed by atoms with Gasteiger partial charge in [-0.3, -0.25) is 4.99 Å². The summed E-state index contributed by atoms with van der Waals surface area (Å²) in [6.45, 7) is 7.63. The molecule has 1 atom stereocenters. The van der Waals surface area contributed by atoms with Crippen molar-refractivity contribution in [2.24, 2.45) is 10.9 Å². The molecular formula is C18H28F2N4O. The zero-order valence-electron chi connectivity index (χ0n) is 15.2. The van der Waals surface area contributed by atoms with Crippen LogP contribution in [0.25, 0.3) is 0 Å². The number of benzene rings is 1. The van der Waals surface area contributed by atoms with Gasteiger partial charge in [0.25, 0.3) is 0 Å². The summed E-state index contributed by atoms with van der Waals surface area (Å²) < 4.78 is 32.5. The molecule has 0 bridgehead atoms. The number of anilines is 1. The maximum Gasteiger partial charge on any atom is 0.191 e. The molecule has 140 valence electrons. The molecule has 0 radical (unpaired) electrons. The zero-order chi connectivity index (χ0) is 18.2. The van der Waals surface area contributed by atoms with Crippen molar-refractivity contribution in [1.82, 2.24) is 10.6 Å². The summed E-state index contributed by atoms with van der Waals surface area (Å²) in [6, 6.07) is 3.86.